The van der Waals surface area contributed by atoms with Crippen molar-refractivity contribution in [3.05, 3.63) is 89.5 Å². The summed E-state index contributed by atoms with van der Waals surface area (Å²) in [7, 11) is 0. The van der Waals surface area contributed by atoms with E-state index in [4.69, 9.17) is 4.98 Å². The van der Waals surface area contributed by atoms with Gasteiger partial charge in [-0.2, -0.15) is 0 Å². The van der Waals surface area contributed by atoms with E-state index in [0.29, 0.717) is 11.7 Å². The number of nitrogens with zero attached hydrogens (tertiary/aromatic N) is 3. The Balaban J connectivity index is 1.55. The van der Waals surface area contributed by atoms with Crippen LogP contribution in [-0.4, -0.2) is 28.2 Å². The van der Waals surface area contributed by atoms with Crippen LogP contribution in [0.1, 0.15) is 43.0 Å². The zero-order valence-corrected chi connectivity index (χ0v) is 20.2. The highest BCUT2D eigenvalue weighted by molar-refractivity contribution is 7.22. The predicted octanol–water partition coefficient (Wildman–Crippen LogP) is 6.06. The van der Waals surface area contributed by atoms with Crippen LogP contribution < -0.4 is 4.90 Å². The molecular formula is C28H27N3O2S. The standard InChI is InChI=1S/C28H27N3O2S/c1-3-20-12-14-22(15-13-20)31(28-29-24-10-6-7-11-26(24)34-28)27(33)18-25-23-9-5-4-8-21(23)16-17-30(25)19(2)32/h4-15,25H,3,16-18H2,1-2H3. The van der Waals surface area contributed by atoms with Gasteiger partial charge in [-0.05, 0) is 53.8 Å². The molecule has 0 saturated carbocycles. The van der Waals surface area contributed by atoms with Crippen molar-refractivity contribution in [3.8, 4) is 0 Å². The minimum Gasteiger partial charge on any atom is -0.335 e. The lowest BCUT2D eigenvalue weighted by atomic mass is 9.90. The third-order valence-electron chi connectivity index (χ3n) is 6.51. The van der Waals surface area contributed by atoms with Gasteiger partial charge in [-0.1, -0.05) is 66.8 Å². The number of aryl methyl sites for hydroxylation is 1. The Morgan fingerprint density at radius 1 is 1.03 bits per heavy atom. The van der Waals surface area contributed by atoms with Crippen molar-refractivity contribution >= 4 is 44.2 Å². The average molecular weight is 470 g/mol. The number of benzene rings is 3. The maximum absolute atomic E-state index is 14.0. The monoisotopic (exact) mass is 469 g/mol. The van der Waals surface area contributed by atoms with Crippen molar-refractivity contribution in [2.24, 2.45) is 0 Å². The molecule has 34 heavy (non-hydrogen) atoms. The summed E-state index contributed by atoms with van der Waals surface area (Å²) >= 11 is 1.51. The van der Waals surface area contributed by atoms with Crippen LogP contribution in [0.2, 0.25) is 0 Å². The van der Waals surface area contributed by atoms with E-state index < -0.39 is 0 Å². The number of fused-ring (bicyclic) bond motifs is 2. The van der Waals surface area contributed by atoms with Gasteiger partial charge in [-0.3, -0.25) is 14.5 Å². The van der Waals surface area contributed by atoms with E-state index in [1.54, 1.807) is 11.8 Å². The molecule has 5 rings (SSSR count). The molecule has 1 atom stereocenters. The average Bonchev–Trinajstić information content (AvgIpc) is 3.28. The lowest BCUT2D eigenvalue weighted by molar-refractivity contribution is -0.132. The first-order valence-electron chi connectivity index (χ1n) is 11.7. The first kappa shape index (κ1) is 22.3. The minimum atomic E-state index is -0.290. The van der Waals surface area contributed by atoms with Gasteiger partial charge in [0.25, 0.3) is 0 Å². The van der Waals surface area contributed by atoms with Gasteiger partial charge < -0.3 is 4.90 Å². The van der Waals surface area contributed by atoms with Crippen molar-refractivity contribution < 1.29 is 9.59 Å². The number of amides is 2. The maximum Gasteiger partial charge on any atom is 0.235 e. The normalized spacial score (nSPS) is 15.2. The second kappa shape index (κ2) is 9.39. The topological polar surface area (TPSA) is 53.5 Å². The lowest BCUT2D eigenvalue weighted by Crippen LogP contribution is -2.41. The Labute approximate surface area is 203 Å². The first-order valence-corrected chi connectivity index (χ1v) is 12.5. The SMILES string of the molecule is CCc1ccc(N(C(=O)CC2c3ccccc3CCN2C(C)=O)c2nc3ccccc3s2)cc1. The molecule has 0 bridgehead atoms. The number of hydrogen-bond donors (Lipinski definition) is 0. The van der Waals surface area contributed by atoms with Crippen LogP contribution in [-0.2, 0) is 22.4 Å². The fourth-order valence-corrected chi connectivity index (χ4v) is 5.71. The fraction of sp³-hybridized carbons (Fsp3) is 0.250. The van der Waals surface area contributed by atoms with Crippen molar-refractivity contribution in [1.29, 1.82) is 0 Å². The highest BCUT2D eigenvalue weighted by Crippen LogP contribution is 2.37. The fourth-order valence-electron chi connectivity index (χ4n) is 4.70. The first-order chi connectivity index (χ1) is 16.5. The van der Waals surface area contributed by atoms with Gasteiger partial charge in [0.05, 0.1) is 28.4 Å². The molecule has 0 radical (unpaired) electrons. The lowest BCUT2D eigenvalue weighted by Gasteiger charge is -2.37. The molecule has 2 heterocycles. The molecule has 3 aromatic carbocycles. The van der Waals surface area contributed by atoms with Crippen LogP contribution in [0.5, 0.6) is 0 Å². The molecule has 172 valence electrons. The summed E-state index contributed by atoms with van der Waals surface area (Å²) in [5.41, 5.74) is 5.14. The predicted molar refractivity (Wildman–Crippen MR) is 137 cm³/mol. The van der Waals surface area contributed by atoms with Crippen molar-refractivity contribution in [2.75, 3.05) is 11.4 Å². The largest absolute Gasteiger partial charge is 0.335 e. The zero-order valence-electron chi connectivity index (χ0n) is 19.4. The van der Waals surface area contributed by atoms with E-state index in [9.17, 15) is 9.59 Å². The summed E-state index contributed by atoms with van der Waals surface area (Å²) < 4.78 is 1.04. The molecule has 0 saturated heterocycles. The molecule has 4 aromatic rings. The van der Waals surface area contributed by atoms with Crippen LogP contribution >= 0.6 is 11.3 Å². The molecule has 6 heteroatoms. The van der Waals surface area contributed by atoms with Crippen molar-refractivity contribution in [2.45, 2.75) is 39.2 Å². The molecule has 2 amide bonds. The molecule has 5 nitrogen and oxygen atoms in total. The summed E-state index contributed by atoms with van der Waals surface area (Å²) in [6.07, 6.45) is 1.93. The van der Waals surface area contributed by atoms with E-state index >= 15 is 0 Å². The van der Waals surface area contributed by atoms with E-state index in [2.05, 4.69) is 25.1 Å². The van der Waals surface area contributed by atoms with E-state index in [0.717, 1.165) is 34.3 Å². The van der Waals surface area contributed by atoms with Crippen LogP contribution in [0.15, 0.2) is 72.8 Å². The number of carbonyl (C=O) groups excluding carboxylic acids is 2. The molecule has 1 aliphatic heterocycles. The third-order valence-corrected chi connectivity index (χ3v) is 7.53. The Bertz CT molecular complexity index is 1310. The second-order valence-corrected chi connectivity index (χ2v) is 9.60. The number of thiazole rings is 1. The van der Waals surface area contributed by atoms with Gasteiger partial charge in [0.15, 0.2) is 5.13 Å². The molecule has 0 spiro atoms. The number of anilines is 2. The number of aromatic nitrogens is 1. The molecular weight excluding hydrogens is 442 g/mol. The van der Waals surface area contributed by atoms with Gasteiger partial charge in [0.1, 0.15) is 0 Å². The third kappa shape index (κ3) is 4.21. The molecule has 1 aliphatic rings. The second-order valence-electron chi connectivity index (χ2n) is 8.59. The van der Waals surface area contributed by atoms with Crippen molar-refractivity contribution in [1.82, 2.24) is 9.88 Å². The van der Waals surface area contributed by atoms with E-state index in [-0.39, 0.29) is 24.3 Å². The minimum absolute atomic E-state index is 0.00820. The zero-order chi connectivity index (χ0) is 23.7. The molecule has 1 aromatic heterocycles. The number of para-hydroxylation sites is 1. The molecule has 0 fully saturated rings. The van der Waals surface area contributed by atoms with Crippen molar-refractivity contribution in [3.63, 3.8) is 0 Å². The quantitative estimate of drug-likeness (QED) is 0.357. The van der Waals surface area contributed by atoms with Gasteiger partial charge in [0.2, 0.25) is 11.8 Å². The highest BCUT2D eigenvalue weighted by Gasteiger charge is 2.33. The van der Waals surface area contributed by atoms with Gasteiger partial charge >= 0.3 is 0 Å². The van der Waals surface area contributed by atoms with Crippen LogP contribution in [0.4, 0.5) is 10.8 Å². The Hall–Kier alpha value is -3.51. The molecule has 0 aliphatic carbocycles. The van der Waals surface area contributed by atoms with Crippen LogP contribution in [0, 0.1) is 0 Å². The van der Waals surface area contributed by atoms with Gasteiger partial charge in [-0.15, -0.1) is 0 Å². The molecule has 0 N–H and O–H groups in total. The summed E-state index contributed by atoms with van der Waals surface area (Å²) in [5, 5.41) is 0.647. The van der Waals surface area contributed by atoms with Gasteiger partial charge in [0, 0.05) is 13.5 Å². The summed E-state index contributed by atoms with van der Waals surface area (Å²) in [4.78, 5) is 34.8. The Morgan fingerprint density at radius 3 is 2.50 bits per heavy atom. The summed E-state index contributed by atoms with van der Waals surface area (Å²) in [6, 6.07) is 23.9. The summed E-state index contributed by atoms with van der Waals surface area (Å²) in [5.74, 6) is -0.0811. The Morgan fingerprint density at radius 2 is 1.76 bits per heavy atom. The maximum atomic E-state index is 14.0. The number of hydrogen-bond acceptors (Lipinski definition) is 4. The van der Waals surface area contributed by atoms with E-state index in [1.165, 1.54) is 22.5 Å². The number of rotatable bonds is 5. The smallest absolute Gasteiger partial charge is 0.235 e. The van der Waals surface area contributed by atoms with Gasteiger partial charge in [-0.25, -0.2) is 4.98 Å². The van der Waals surface area contributed by atoms with E-state index in [1.807, 2.05) is 59.5 Å². The highest BCUT2D eigenvalue weighted by atomic mass is 32.1. The summed E-state index contributed by atoms with van der Waals surface area (Å²) in [6.45, 7) is 4.32. The Kier molecular flexibility index (Phi) is 6.16. The number of carbonyl (C=O) groups is 2. The van der Waals surface area contributed by atoms with Crippen LogP contribution in [0.3, 0.4) is 0 Å². The van der Waals surface area contributed by atoms with Crippen LogP contribution in [0.25, 0.3) is 10.2 Å². The molecule has 1 unspecified atom stereocenters.